The number of carbonyl (C=O) groups is 1. The Labute approximate surface area is 108 Å². The molecule has 1 aromatic heterocycles. The van der Waals surface area contributed by atoms with E-state index in [-0.39, 0.29) is 5.75 Å². The van der Waals surface area contributed by atoms with Crippen LogP contribution >= 0.6 is 11.5 Å². The highest BCUT2D eigenvalue weighted by Gasteiger charge is 2.20. The molecule has 0 atom stereocenters. The van der Waals surface area contributed by atoms with E-state index < -0.39 is 5.97 Å². The van der Waals surface area contributed by atoms with Gasteiger partial charge >= 0.3 is 5.97 Å². The zero-order valence-corrected chi connectivity index (χ0v) is 10.6. The summed E-state index contributed by atoms with van der Waals surface area (Å²) in [5.74, 6) is -0.389. The third-order valence-corrected chi connectivity index (χ3v) is 2.98. The Morgan fingerprint density at radius 3 is 2.94 bits per heavy atom. The van der Waals surface area contributed by atoms with Crippen molar-refractivity contribution in [1.82, 2.24) is 9.59 Å². The van der Waals surface area contributed by atoms with Gasteiger partial charge in [0.25, 0.3) is 0 Å². The van der Waals surface area contributed by atoms with Crippen LogP contribution in [-0.4, -0.2) is 27.3 Å². The Hall–Kier alpha value is -1.95. The highest BCUT2D eigenvalue weighted by Crippen LogP contribution is 2.31. The molecule has 2 aromatic rings. The summed E-state index contributed by atoms with van der Waals surface area (Å²) in [5.41, 5.74) is 0.842. The summed E-state index contributed by atoms with van der Waals surface area (Å²) in [6.45, 7) is 2.28. The number of rotatable bonds is 4. The van der Waals surface area contributed by atoms with E-state index in [1.807, 2.05) is 6.92 Å². The average molecular weight is 264 g/mol. The van der Waals surface area contributed by atoms with Crippen LogP contribution in [0.3, 0.4) is 0 Å². The molecule has 0 saturated carbocycles. The van der Waals surface area contributed by atoms with Crippen molar-refractivity contribution in [2.45, 2.75) is 13.3 Å². The number of phenols is 1. The normalized spacial score (nSPS) is 10.3. The van der Waals surface area contributed by atoms with Crippen LogP contribution in [0.4, 0.5) is 0 Å². The van der Waals surface area contributed by atoms with Crippen LogP contribution in [0.25, 0.3) is 11.3 Å². The smallest absolute Gasteiger partial charge is 0.352 e. The van der Waals surface area contributed by atoms with Gasteiger partial charge in [0.05, 0.1) is 6.61 Å². The minimum atomic E-state index is -0.454. The Morgan fingerprint density at radius 1 is 1.44 bits per heavy atom. The lowest BCUT2D eigenvalue weighted by atomic mass is 10.1. The molecular weight excluding hydrogens is 252 g/mol. The van der Waals surface area contributed by atoms with Crippen molar-refractivity contribution in [2.75, 3.05) is 6.61 Å². The molecule has 1 N–H and O–H groups in total. The summed E-state index contributed by atoms with van der Waals surface area (Å²) in [4.78, 5) is 12.1. The van der Waals surface area contributed by atoms with Crippen molar-refractivity contribution >= 4 is 17.5 Å². The molecule has 6 heteroatoms. The van der Waals surface area contributed by atoms with Crippen molar-refractivity contribution in [2.24, 2.45) is 0 Å². The molecule has 18 heavy (non-hydrogen) atoms. The molecule has 0 unspecified atom stereocenters. The summed E-state index contributed by atoms with van der Waals surface area (Å²) in [6, 6.07) is 6.68. The van der Waals surface area contributed by atoms with Crippen LogP contribution in [0, 0.1) is 0 Å². The molecule has 5 nitrogen and oxygen atoms in total. The number of aromatic hydroxyl groups is 1. The summed E-state index contributed by atoms with van der Waals surface area (Å²) >= 11 is 0.965. The van der Waals surface area contributed by atoms with Gasteiger partial charge in [0.1, 0.15) is 11.4 Å². The number of ether oxygens (including phenoxy) is 1. The number of nitrogens with zero attached hydrogens (tertiary/aromatic N) is 2. The third kappa shape index (κ3) is 2.48. The van der Waals surface area contributed by atoms with Gasteiger partial charge in [-0.2, -0.15) is 0 Å². The van der Waals surface area contributed by atoms with E-state index >= 15 is 0 Å². The number of para-hydroxylation sites is 1. The van der Waals surface area contributed by atoms with Gasteiger partial charge in [-0.15, -0.1) is 5.10 Å². The van der Waals surface area contributed by atoms with Gasteiger partial charge in [-0.05, 0) is 30.1 Å². The molecule has 1 heterocycles. The van der Waals surface area contributed by atoms with Crippen LogP contribution in [0.2, 0.25) is 0 Å². The Balaban J connectivity index is 2.34. The van der Waals surface area contributed by atoms with Crippen molar-refractivity contribution in [1.29, 1.82) is 0 Å². The standard InChI is InChI=1S/C12H12N2O3S/c1-2-7-17-12(16)11-10(13-14-18-11)8-5-3-4-6-9(8)15/h3-6,15H,2,7H2,1H3. The molecule has 0 bridgehead atoms. The van der Waals surface area contributed by atoms with Gasteiger partial charge in [0.15, 0.2) is 4.88 Å². The average Bonchev–Trinajstić information content (AvgIpc) is 2.85. The number of hydrogen-bond acceptors (Lipinski definition) is 6. The second-order valence-corrected chi connectivity index (χ2v) is 4.36. The third-order valence-electron chi connectivity index (χ3n) is 2.27. The second kappa shape index (κ2) is 5.59. The summed E-state index contributed by atoms with van der Waals surface area (Å²) in [5, 5.41) is 13.6. The van der Waals surface area contributed by atoms with Crippen LogP contribution < -0.4 is 0 Å². The molecule has 0 saturated heterocycles. The molecule has 1 aromatic carbocycles. The molecule has 0 amide bonds. The van der Waals surface area contributed by atoms with E-state index in [2.05, 4.69) is 9.59 Å². The molecule has 0 aliphatic carbocycles. The lowest BCUT2D eigenvalue weighted by Gasteiger charge is -2.03. The lowest BCUT2D eigenvalue weighted by Crippen LogP contribution is -2.05. The number of benzene rings is 1. The Bertz CT molecular complexity index is 554. The van der Waals surface area contributed by atoms with Crippen LogP contribution in [0.5, 0.6) is 5.75 Å². The van der Waals surface area contributed by atoms with Crippen molar-refractivity contribution in [3.05, 3.63) is 29.1 Å². The van der Waals surface area contributed by atoms with Crippen LogP contribution in [-0.2, 0) is 4.74 Å². The molecule has 0 radical (unpaired) electrons. The fraction of sp³-hybridized carbons (Fsp3) is 0.250. The predicted octanol–water partition coefficient (Wildman–Crippen LogP) is 2.48. The molecule has 2 rings (SSSR count). The summed E-state index contributed by atoms with van der Waals surface area (Å²) in [7, 11) is 0. The van der Waals surface area contributed by atoms with Crippen molar-refractivity contribution in [3.8, 4) is 17.0 Å². The van der Waals surface area contributed by atoms with E-state index in [1.54, 1.807) is 18.2 Å². The van der Waals surface area contributed by atoms with E-state index in [0.29, 0.717) is 22.7 Å². The molecular formula is C12H12N2O3S. The lowest BCUT2D eigenvalue weighted by molar-refractivity contribution is 0.0511. The number of phenolic OH excluding ortho intramolecular Hbond substituents is 1. The minimum absolute atomic E-state index is 0.0646. The first-order valence-corrected chi connectivity index (χ1v) is 6.29. The topological polar surface area (TPSA) is 72.3 Å². The number of carbonyl (C=O) groups excluding carboxylic acids is 1. The van der Waals surface area contributed by atoms with Crippen LogP contribution in [0.15, 0.2) is 24.3 Å². The minimum Gasteiger partial charge on any atom is -0.507 e. The van der Waals surface area contributed by atoms with Gasteiger partial charge in [0, 0.05) is 5.56 Å². The highest BCUT2D eigenvalue weighted by atomic mass is 32.1. The van der Waals surface area contributed by atoms with Crippen LogP contribution in [0.1, 0.15) is 23.0 Å². The maximum absolute atomic E-state index is 11.8. The maximum atomic E-state index is 11.8. The van der Waals surface area contributed by atoms with Crippen molar-refractivity contribution < 1.29 is 14.6 Å². The number of esters is 1. The Morgan fingerprint density at radius 2 is 2.22 bits per heavy atom. The quantitative estimate of drug-likeness (QED) is 0.859. The monoisotopic (exact) mass is 264 g/mol. The van der Waals surface area contributed by atoms with Gasteiger partial charge < -0.3 is 9.84 Å². The molecule has 0 aliphatic rings. The Kier molecular flexibility index (Phi) is 3.88. The predicted molar refractivity (Wildman–Crippen MR) is 67.6 cm³/mol. The zero-order valence-electron chi connectivity index (χ0n) is 9.79. The number of aromatic nitrogens is 2. The maximum Gasteiger partial charge on any atom is 0.352 e. The highest BCUT2D eigenvalue weighted by molar-refractivity contribution is 7.08. The fourth-order valence-corrected chi connectivity index (χ4v) is 2.01. The fourth-order valence-electron chi connectivity index (χ4n) is 1.44. The van der Waals surface area contributed by atoms with E-state index in [0.717, 1.165) is 18.0 Å². The van der Waals surface area contributed by atoms with E-state index in [9.17, 15) is 9.90 Å². The number of hydrogen-bond donors (Lipinski definition) is 1. The second-order valence-electron chi connectivity index (χ2n) is 3.60. The largest absolute Gasteiger partial charge is 0.507 e. The molecule has 0 fully saturated rings. The summed E-state index contributed by atoms with van der Waals surface area (Å²) in [6.07, 6.45) is 0.754. The molecule has 0 aliphatic heterocycles. The van der Waals surface area contributed by atoms with Gasteiger partial charge in [-0.1, -0.05) is 23.5 Å². The SMILES string of the molecule is CCCOC(=O)c1snnc1-c1ccccc1O. The first kappa shape index (κ1) is 12.5. The molecule has 94 valence electrons. The van der Waals surface area contributed by atoms with Crippen molar-refractivity contribution in [3.63, 3.8) is 0 Å². The van der Waals surface area contributed by atoms with Gasteiger partial charge in [-0.3, -0.25) is 0 Å². The van der Waals surface area contributed by atoms with E-state index in [4.69, 9.17) is 4.74 Å². The first-order valence-electron chi connectivity index (χ1n) is 5.52. The van der Waals surface area contributed by atoms with Gasteiger partial charge in [0.2, 0.25) is 0 Å². The summed E-state index contributed by atoms with van der Waals surface area (Å²) < 4.78 is 8.80. The van der Waals surface area contributed by atoms with E-state index in [1.165, 1.54) is 6.07 Å². The molecule has 0 spiro atoms. The zero-order chi connectivity index (χ0) is 13.0. The van der Waals surface area contributed by atoms with Gasteiger partial charge in [-0.25, -0.2) is 4.79 Å². The first-order chi connectivity index (χ1) is 8.74.